The zero-order valence-corrected chi connectivity index (χ0v) is 16.2. The maximum Gasteiger partial charge on any atom is 0.311 e. The van der Waals surface area contributed by atoms with Crippen molar-refractivity contribution in [1.82, 2.24) is 15.3 Å². The number of hydrogen-bond donors (Lipinski definition) is 2. The van der Waals surface area contributed by atoms with Crippen molar-refractivity contribution in [3.8, 4) is 0 Å². The van der Waals surface area contributed by atoms with Crippen LogP contribution in [0.5, 0.6) is 0 Å². The number of ether oxygens (including phenoxy) is 1. The van der Waals surface area contributed by atoms with Gasteiger partial charge in [0, 0.05) is 12.1 Å². The lowest BCUT2D eigenvalue weighted by Crippen LogP contribution is -2.34. The Labute approximate surface area is 161 Å². The number of amides is 1. The largest absolute Gasteiger partial charge is 0.469 e. The molecular formula is C19H23N3O4S. The first-order valence-corrected chi connectivity index (χ1v) is 9.58. The van der Waals surface area contributed by atoms with Crippen LogP contribution in [-0.4, -0.2) is 40.7 Å². The van der Waals surface area contributed by atoms with Crippen molar-refractivity contribution in [1.29, 1.82) is 0 Å². The lowest BCUT2D eigenvalue weighted by Gasteiger charge is -2.13. The lowest BCUT2D eigenvalue weighted by atomic mass is 10.1. The second-order valence-electron chi connectivity index (χ2n) is 6.08. The number of carbonyl (C=O) groups is 2. The van der Waals surface area contributed by atoms with Crippen molar-refractivity contribution in [2.45, 2.75) is 37.4 Å². The summed E-state index contributed by atoms with van der Waals surface area (Å²) in [5.41, 5.74) is 1.17. The summed E-state index contributed by atoms with van der Waals surface area (Å²) in [5, 5.41) is 3.24. The first kappa shape index (κ1) is 20.7. The Kier molecular flexibility index (Phi) is 8.06. The number of nitrogens with zero attached hydrogens (tertiary/aromatic N) is 1. The summed E-state index contributed by atoms with van der Waals surface area (Å²) in [6.07, 6.45) is 1.64. The van der Waals surface area contributed by atoms with Crippen LogP contribution in [0, 0.1) is 0 Å². The molecule has 1 atom stereocenters. The van der Waals surface area contributed by atoms with Gasteiger partial charge in [0.25, 0.3) is 5.56 Å². The molecule has 1 aromatic heterocycles. The van der Waals surface area contributed by atoms with E-state index in [0.717, 1.165) is 24.6 Å². The Morgan fingerprint density at radius 1 is 1.30 bits per heavy atom. The van der Waals surface area contributed by atoms with Gasteiger partial charge in [-0.1, -0.05) is 42.1 Å². The first-order valence-electron chi connectivity index (χ1n) is 8.59. The number of carbonyl (C=O) groups excluding carboxylic acids is 2. The number of nitrogens with one attached hydrogen (secondary N) is 2. The van der Waals surface area contributed by atoms with Crippen LogP contribution in [0.4, 0.5) is 0 Å². The second kappa shape index (κ2) is 10.5. The predicted molar refractivity (Wildman–Crippen MR) is 104 cm³/mol. The number of thioether (sulfide) groups is 1. The average molecular weight is 389 g/mol. The fourth-order valence-corrected chi connectivity index (χ4v) is 3.12. The first-order chi connectivity index (χ1) is 13.0. The standard InChI is InChI=1S/C19H23N3O4S/c1-13(8-9-14-6-4-3-5-7-14)20-17(24)12-27-19-21-15(10-16(23)22-19)11-18(25)26-2/h3-7,10,13H,8-9,11-12H2,1-2H3,(H,20,24)(H,21,22,23)/t13-/m1/s1. The molecule has 144 valence electrons. The molecule has 27 heavy (non-hydrogen) atoms. The maximum absolute atomic E-state index is 12.1. The zero-order valence-electron chi connectivity index (χ0n) is 15.4. The smallest absolute Gasteiger partial charge is 0.311 e. The highest BCUT2D eigenvalue weighted by molar-refractivity contribution is 7.99. The van der Waals surface area contributed by atoms with Crippen molar-refractivity contribution < 1.29 is 14.3 Å². The van der Waals surface area contributed by atoms with Crippen LogP contribution in [0.2, 0.25) is 0 Å². The number of aromatic amines is 1. The third-order valence-electron chi connectivity index (χ3n) is 3.78. The topological polar surface area (TPSA) is 101 Å². The summed E-state index contributed by atoms with van der Waals surface area (Å²) in [7, 11) is 1.27. The van der Waals surface area contributed by atoms with Crippen LogP contribution in [0.25, 0.3) is 0 Å². The molecular weight excluding hydrogens is 366 g/mol. The fourth-order valence-electron chi connectivity index (χ4n) is 2.41. The Hall–Kier alpha value is -2.61. The van der Waals surface area contributed by atoms with E-state index < -0.39 is 5.97 Å². The van der Waals surface area contributed by atoms with Gasteiger partial charge in [-0.2, -0.15) is 0 Å². The lowest BCUT2D eigenvalue weighted by molar-refractivity contribution is -0.139. The molecule has 0 radical (unpaired) electrons. The van der Waals surface area contributed by atoms with E-state index in [-0.39, 0.29) is 29.7 Å². The molecule has 2 aromatic rings. The minimum atomic E-state index is -0.478. The molecule has 0 fully saturated rings. The Morgan fingerprint density at radius 2 is 2.04 bits per heavy atom. The van der Waals surface area contributed by atoms with Crippen LogP contribution in [0.15, 0.2) is 46.3 Å². The van der Waals surface area contributed by atoms with Gasteiger partial charge in [-0.3, -0.25) is 14.4 Å². The van der Waals surface area contributed by atoms with E-state index in [9.17, 15) is 14.4 Å². The molecule has 2 rings (SSSR count). The van der Waals surface area contributed by atoms with Gasteiger partial charge in [0.2, 0.25) is 5.91 Å². The molecule has 0 aliphatic heterocycles. The highest BCUT2D eigenvalue weighted by Crippen LogP contribution is 2.12. The number of H-pyrrole nitrogens is 1. The molecule has 7 nitrogen and oxygen atoms in total. The molecule has 2 N–H and O–H groups in total. The molecule has 0 aliphatic rings. The number of aryl methyl sites for hydroxylation is 1. The molecule has 0 aliphatic carbocycles. The molecule has 0 spiro atoms. The van der Waals surface area contributed by atoms with Crippen molar-refractivity contribution >= 4 is 23.6 Å². The van der Waals surface area contributed by atoms with E-state index in [4.69, 9.17) is 0 Å². The van der Waals surface area contributed by atoms with E-state index in [0.29, 0.717) is 10.9 Å². The van der Waals surface area contributed by atoms with Gasteiger partial charge in [-0.15, -0.1) is 0 Å². The van der Waals surface area contributed by atoms with E-state index in [2.05, 4.69) is 32.2 Å². The van der Waals surface area contributed by atoms with E-state index in [1.54, 1.807) is 0 Å². The number of benzene rings is 1. The third-order valence-corrected chi connectivity index (χ3v) is 4.66. The SMILES string of the molecule is COC(=O)Cc1cc(=O)[nH]c(SCC(=O)N[C@H](C)CCc2ccccc2)n1. The Balaban J connectivity index is 1.80. The summed E-state index contributed by atoms with van der Waals surface area (Å²) in [6.45, 7) is 1.96. The number of esters is 1. The summed E-state index contributed by atoms with van der Waals surface area (Å²) in [5.74, 6) is -0.490. The van der Waals surface area contributed by atoms with Crippen LogP contribution >= 0.6 is 11.8 Å². The molecule has 1 heterocycles. The van der Waals surface area contributed by atoms with Crippen molar-refractivity contribution in [2.24, 2.45) is 0 Å². The number of methoxy groups -OCH3 is 1. The van der Waals surface area contributed by atoms with E-state index >= 15 is 0 Å². The minimum Gasteiger partial charge on any atom is -0.469 e. The highest BCUT2D eigenvalue weighted by atomic mass is 32.2. The highest BCUT2D eigenvalue weighted by Gasteiger charge is 2.11. The molecule has 0 saturated carbocycles. The molecule has 0 bridgehead atoms. The number of rotatable bonds is 9. The predicted octanol–water partition coefficient (Wildman–Crippen LogP) is 1.71. The van der Waals surface area contributed by atoms with Crippen LogP contribution < -0.4 is 10.9 Å². The average Bonchev–Trinajstić information content (AvgIpc) is 2.65. The van der Waals surface area contributed by atoms with Crippen molar-refractivity contribution in [3.63, 3.8) is 0 Å². The third kappa shape index (κ3) is 7.65. The molecule has 0 saturated heterocycles. The van der Waals surface area contributed by atoms with Gasteiger partial charge in [0.15, 0.2) is 5.16 Å². The van der Waals surface area contributed by atoms with Gasteiger partial charge < -0.3 is 15.0 Å². The number of hydrogen-bond acceptors (Lipinski definition) is 6. The van der Waals surface area contributed by atoms with Crippen LogP contribution in [0.1, 0.15) is 24.6 Å². The minimum absolute atomic E-state index is 0.0379. The van der Waals surface area contributed by atoms with Crippen LogP contribution in [-0.2, 0) is 27.2 Å². The summed E-state index contributed by atoms with van der Waals surface area (Å²) in [6, 6.07) is 11.4. The van der Waals surface area contributed by atoms with E-state index in [1.807, 2.05) is 25.1 Å². The second-order valence-corrected chi connectivity index (χ2v) is 7.04. The Bertz CT molecular complexity index is 823. The van der Waals surface area contributed by atoms with Gasteiger partial charge in [-0.25, -0.2) is 4.98 Å². The quantitative estimate of drug-likeness (QED) is 0.385. The number of aromatic nitrogens is 2. The normalized spacial score (nSPS) is 11.6. The fraction of sp³-hybridized carbons (Fsp3) is 0.368. The van der Waals surface area contributed by atoms with Gasteiger partial charge in [0.1, 0.15) is 0 Å². The summed E-state index contributed by atoms with van der Waals surface area (Å²) < 4.78 is 4.57. The van der Waals surface area contributed by atoms with Gasteiger partial charge >= 0.3 is 5.97 Å². The zero-order chi connectivity index (χ0) is 19.6. The van der Waals surface area contributed by atoms with Gasteiger partial charge in [0.05, 0.1) is 25.0 Å². The Morgan fingerprint density at radius 3 is 2.74 bits per heavy atom. The molecule has 1 aromatic carbocycles. The van der Waals surface area contributed by atoms with Crippen molar-refractivity contribution in [2.75, 3.05) is 12.9 Å². The molecule has 0 unspecified atom stereocenters. The van der Waals surface area contributed by atoms with Crippen LogP contribution in [0.3, 0.4) is 0 Å². The maximum atomic E-state index is 12.1. The summed E-state index contributed by atoms with van der Waals surface area (Å²) in [4.78, 5) is 41.8. The molecule has 8 heteroatoms. The van der Waals surface area contributed by atoms with Crippen molar-refractivity contribution in [3.05, 3.63) is 58.0 Å². The monoisotopic (exact) mass is 389 g/mol. The van der Waals surface area contributed by atoms with E-state index in [1.165, 1.54) is 18.7 Å². The molecule has 1 amide bonds. The summed E-state index contributed by atoms with van der Waals surface area (Å²) >= 11 is 1.12. The van der Waals surface area contributed by atoms with Gasteiger partial charge in [-0.05, 0) is 25.3 Å².